The van der Waals surface area contributed by atoms with Gasteiger partial charge in [0.1, 0.15) is 5.75 Å². The molecule has 0 radical (unpaired) electrons. The minimum atomic E-state index is -0.559. The number of hydrogen-bond acceptors (Lipinski definition) is 5. The van der Waals surface area contributed by atoms with E-state index in [0.29, 0.717) is 45.4 Å². The van der Waals surface area contributed by atoms with Crippen LogP contribution in [-0.2, 0) is 20.7 Å². The molecule has 0 saturated carbocycles. The molecule has 27 heavy (non-hydrogen) atoms. The van der Waals surface area contributed by atoms with Gasteiger partial charge in [0.05, 0.1) is 6.61 Å². The maximum atomic E-state index is 12.5. The molecule has 0 unspecified atom stereocenters. The second-order valence-corrected chi connectivity index (χ2v) is 6.92. The molecular weight excluding hydrogens is 348 g/mol. The molecular formula is C20H26N2O5. The number of hydrogen-bond donors (Lipinski definition) is 0. The van der Waals surface area contributed by atoms with Gasteiger partial charge in [0.25, 0.3) is 5.91 Å². The highest BCUT2D eigenvalue weighted by atomic mass is 16.6. The number of carbonyl (C=O) groups excluding carboxylic acids is 3. The number of amides is 3. The smallest absolute Gasteiger partial charge is 0.417 e. The average Bonchev–Trinajstić information content (AvgIpc) is 3.03. The Labute approximate surface area is 159 Å². The van der Waals surface area contributed by atoms with Crippen molar-refractivity contribution in [3.8, 4) is 5.75 Å². The Bertz CT molecular complexity index is 664. The van der Waals surface area contributed by atoms with Gasteiger partial charge in [0.15, 0.2) is 6.61 Å². The largest absolute Gasteiger partial charge is 0.494 e. The summed E-state index contributed by atoms with van der Waals surface area (Å²) in [5.74, 6) is 0.676. The lowest BCUT2D eigenvalue weighted by Gasteiger charge is -2.34. The number of nitrogens with zero attached hydrogens (tertiary/aromatic N) is 2. The predicted molar refractivity (Wildman–Crippen MR) is 98.3 cm³/mol. The van der Waals surface area contributed by atoms with Gasteiger partial charge in [-0.1, -0.05) is 19.1 Å². The first-order valence-corrected chi connectivity index (χ1v) is 9.57. The van der Waals surface area contributed by atoms with E-state index in [1.807, 2.05) is 29.2 Å². The highest BCUT2D eigenvalue weighted by molar-refractivity contribution is 5.98. The van der Waals surface area contributed by atoms with Crippen molar-refractivity contribution in [2.24, 2.45) is 0 Å². The maximum Gasteiger partial charge on any atom is 0.417 e. The van der Waals surface area contributed by atoms with Gasteiger partial charge < -0.3 is 14.4 Å². The van der Waals surface area contributed by atoms with Crippen molar-refractivity contribution >= 4 is 17.9 Å². The van der Waals surface area contributed by atoms with Crippen LogP contribution in [0.3, 0.4) is 0 Å². The zero-order valence-corrected chi connectivity index (χ0v) is 15.7. The minimum absolute atomic E-state index is 0.107. The standard InChI is InChI=1S/C20H26N2O5/c1-2-13-26-17-6-3-15(4-7-17)5-8-18(23)21-11-9-16(10-12-21)22-19(24)14-27-20(22)25/h3-4,6-7,16H,2,5,8-14H2,1H3. The number of piperidine rings is 1. The molecule has 7 heteroatoms. The van der Waals surface area contributed by atoms with Crippen LogP contribution in [0.25, 0.3) is 0 Å². The van der Waals surface area contributed by atoms with E-state index in [1.165, 1.54) is 4.90 Å². The van der Waals surface area contributed by atoms with Gasteiger partial charge in [-0.2, -0.15) is 0 Å². The molecule has 146 valence electrons. The number of imide groups is 1. The first kappa shape index (κ1) is 19.2. The summed E-state index contributed by atoms with van der Waals surface area (Å²) in [5, 5.41) is 0. The quantitative estimate of drug-likeness (QED) is 0.732. The van der Waals surface area contributed by atoms with E-state index >= 15 is 0 Å². The second kappa shape index (κ2) is 8.88. The van der Waals surface area contributed by atoms with E-state index in [4.69, 9.17) is 9.47 Å². The summed E-state index contributed by atoms with van der Waals surface area (Å²) in [6.07, 6.45) is 2.76. The van der Waals surface area contributed by atoms with E-state index in [2.05, 4.69) is 6.92 Å². The molecule has 0 spiro atoms. The van der Waals surface area contributed by atoms with Crippen LogP contribution in [0.4, 0.5) is 4.79 Å². The molecule has 2 aliphatic rings. The summed E-state index contributed by atoms with van der Waals surface area (Å²) in [6, 6.07) is 7.71. The molecule has 2 fully saturated rings. The fraction of sp³-hybridized carbons (Fsp3) is 0.550. The number of ether oxygens (including phenoxy) is 2. The fourth-order valence-electron chi connectivity index (χ4n) is 3.47. The Morgan fingerprint density at radius 1 is 1.19 bits per heavy atom. The lowest BCUT2D eigenvalue weighted by Crippen LogP contribution is -2.48. The molecule has 0 N–H and O–H groups in total. The van der Waals surface area contributed by atoms with Crippen LogP contribution in [-0.4, -0.2) is 60.1 Å². The zero-order chi connectivity index (χ0) is 19.2. The highest BCUT2D eigenvalue weighted by Gasteiger charge is 2.38. The Morgan fingerprint density at radius 2 is 1.89 bits per heavy atom. The Morgan fingerprint density at radius 3 is 2.48 bits per heavy atom. The molecule has 1 aromatic rings. The number of rotatable bonds is 7. The van der Waals surface area contributed by atoms with E-state index in [9.17, 15) is 14.4 Å². The third-order valence-corrected chi connectivity index (χ3v) is 4.99. The first-order chi connectivity index (χ1) is 13.1. The predicted octanol–water partition coefficient (Wildman–Crippen LogP) is 2.38. The summed E-state index contributed by atoms with van der Waals surface area (Å²) in [4.78, 5) is 38.9. The zero-order valence-electron chi connectivity index (χ0n) is 15.7. The van der Waals surface area contributed by atoms with Crippen LogP contribution < -0.4 is 4.74 Å². The van der Waals surface area contributed by atoms with Gasteiger partial charge in [-0.15, -0.1) is 0 Å². The van der Waals surface area contributed by atoms with Gasteiger partial charge >= 0.3 is 6.09 Å². The van der Waals surface area contributed by atoms with Crippen LogP contribution in [0.1, 0.15) is 38.2 Å². The van der Waals surface area contributed by atoms with Crippen molar-refractivity contribution in [2.45, 2.75) is 45.1 Å². The molecule has 3 rings (SSSR count). The van der Waals surface area contributed by atoms with E-state index in [0.717, 1.165) is 17.7 Å². The van der Waals surface area contributed by atoms with Crippen LogP contribution in [0.15, 0.2) is 24.3 Å². The van der Waals surface area contributed by atoms with Gasteiger partial charge in [-0.25, -0.2) is 9.69 Å². The maximum absolute atomic E-state index is 12.5. The molecule has 2 saturated heterocycles. The highest BCUT2D eigenvalue weighted by Crippen LogP contribution is 2.21. The molecule has 0 aromatic heterocycles. The summed E-state index contributed by atoms with van der Waals surface area (Å²) in [6.45, 7) is 3.72. The average molecular weight is 374 g/mol. The van der Waals surface area contributed by atoms with Crippen LogP contribution in [0.2, 0.25) is 0 Å². The van der Waals surface area contributed by atoms with Gasteiger partial charge in [-0.3, -0.25) is 9.59 Å². The third-order valence-electron chi connectivity index (χ3n) is 4.99. The second-order valence-electron chi connectivity index (χ2n) is 6.92. The van der Waals surface area contributed by atoms with Crippen molar-refractivity contribution in [3.63, 3.8) is 0 Å². The number of cyclic esters (lactones) is 1. The molecule has 0 bridgehead atoms. The third kappa shape index (κ3) is 4.78. The molecule has 2 heterocycles. The van der Waals surface area contributed by atoms with E-state index < -0.39 is 6.09 Å². The van der Waals surface area contributed by atoms with Gasteiger partial charge in [0.2, 0.25) is 5.91 Å². The SMILES string of the molecule is CCCOc1ccc(CCC(=O)N2CCC(N3C(=O)COC3=O)CC2)cc1. The van der Waals surface area contributed by atoms with Crippen LogP contribution in [0.5, 0.6) is 5.75 Å². The van der Waals surface area contributed by atoms with Crippen LogP contribution in [0, 0.1) is 0 Å². The monoisotopic (exact) mass is 374 g/mol. The molecule has 0 atom stereocenters. The van der Waals surface area contributed by atoms with Crippen LogP contribution >= 0.6 is 0 Å². The number of aryl methyl sites for hydroxylation is 1. The number of benzene rings is 1. The topological polar surface area (TPSA) is 76.2 Å². The Kier molecular flexibility index (Phi) is 6.32. The summed E-state index contributed by atoms with van der Waals surface area (Å²) in [5.41, 5.74) is 1.10. The summed E-state index contributed by atoms with van der Waals surface area (Å²) < 4.78 is 10.3. The Hall–Kier alpha value is -2.57. The van der Waals surface area contributed by atoms with Crippen molar-refractivity contribution in [2.75, 3.05) is 26.3 Å². The van der Waals surface area contributed by atoms with Crippen molar-refractivity contribution in [1.29, 1.82) is 0 Å². The molecule has 3 amide bonds. The lowest BCUT2D eigenvalue weighted by atomic mass is 10.0. The number of likely N-dealkylation sites (tertiary alicyclic amines) is 1. The molecule has 0 aliphatic carbocycles. The summed E-state index contributed by atoms with van der Waals surface area (Å²) in [7, 11) is 0. The summed E-state index contributed by atoms with van der Waals surface area (Å²) >= 11 is 0. The minimum Gasteiger partial charge on any atom is -0.494 e. The van der Waals surface area contributed by atoms with Crippen molar-refractivity contribution in [1.82, 2.24) is 9.80 Å². The molecule has 1 aromatic carbocycles. The fourth-order valence-corrected chi connectivity index (χ4v) is 3.47. The normalized spacial score (nSPS) is 18.0. The van der Waals surface area contributed by atoms with Gasteiger partial charge in [-0.05, 0) is 43.4 Å². The first-order valence-electron chi connectivity index (χ1n) is 9.57. The molecule has 2 aliphatic heterocycles. The number of carbonyl (C=O) groups is 3. The molecule has 7 nitrogen and oxygen atoms in total. The Balaban J connectivity index is 1.43. The van der Waals surface area contributed by atoms with Gasteiger partial charge in [0, 0.05) is 25.6 Å². The van der Waals surface area contributed by atoms with Crippen molar-refractivity contribution in [3.05, 3.63) is 29.8 Å². The van der Waals surface area contributed by atoms with E-state index in [-0.39, 0.29) is 24.5 Å². The van der Waals surface area contributed by atoms with E-state index in [1.54, 1.807) is 0 Å². The lowest BCUT2D eigenvalue weighted by molar-refractivity contribution is -0.133. The van der Waals surface area contributed by atoms with Crippen molar-refractivity contribution < 1.29 is 23.9 Å².